The van der Waals surface area contributed by atoms with E-state index >= 15 is 0 Å². The molecule has 32 heavy (non-hydrogen) atoms. The molecule has 1 saturated heterocycles. The van der Waals surface area contributed by atoms with Crippen LogP contribution in [0.15, 0.2) is 78.9 Å². The highest BCUT2D eigenvalue weighted by atomic mass is 16.1. The van der Waals surface area contributed by atoms with E-state index in [1.54, 1.807) is 0 Å². The van der Waals surface area contributed by atoms with Crippen molar-refractivity contribution in [1.29, 1.82) is 0 Å². The van der Waals surface area contributed by atoms with Crippen LogP contribution in [0.1, 0.15) is 54.1 Å². The molecule has 1 aliphatic rings. The van der Waals surface area contributed by atoms with Gasteiger partial charge in [0.15, 0.2) is 5.78 Å². The van der Waals surface area contributed by atoms with Crippen molar-refractivity contribution in [3.05, 3.63) is 95.6 Å². The van der Waals surface area contributed by atoms with E-state index in [9.17, 15) is 4.79 Å². The largest absolute Gasteiger partial charge is 0.368 e. The number of piperazine rings is 1. The van der Waals surface area contributed by atoms with Crippen LogP contribution in [0.4, 0.5) is 11.4 Å². The zero-order valence-electron chi connectivity index (χ0n) is 19.2. The lowest BCUT2D eigenvalue weighted by molar-refractivity contribution is 0.103. The summed E-state index contributed by atoms with van der Waals surface area (Å²) in [5, 5.41) is 0. The molecule has 0 N–H and O–H groups in total. The standard InChI is InChI=1S/C29H34N2O/c1-2-3-4-6-9-24-12-16-27(17-13-24)30-20-22-31(23-21-30)28-18-14-26(15-19-28)29(32)25-10-7-5-8-11-25/h5,7-8,10-19H,2-4,6,9,20-23H2,1H3. The van der Waals surface area contributed by atoms with Gasteiger partial charge in [-0.2, -0.15) is 0 Å². The molecule has 1 heterocycles. The van der Waals surface area contributed by atoms with E-state index in [4.69, 9.17) is 0 Å². The summed E-state index contributed by atoms with van der Waals surface area (Å²) in [6.45, 7) is 6.27. The van der Waals surface area contributed by atoms with Crippen molar-refractivity contribution < 1.29 is 4.79 Å². The van der Waals surface area contributed by atoms with Crippen LogP contribution in [-0.2, 0) is 6.42 Å². The lowest BCUT2D eigenvalue weighted by atomic mass is 10.0. The summed E-state index contributed by atoms with van der Waals surface area (Å²) in [6, 6.07) is 26.7. The number of anilines is 2. The molecule has 0 atom stereocenters. The molecule has 0 aromatic heterocycles. The van der Waals surface area contributed by atoms with Gasteiger partial charge >= 0.3 is 0 Å². The first-order chi connectivity index (χ1) is 15.7. The van der Waals surface area contributed by atoms with Crippen molar-refractivity contribution in [2.75, 3.05) is 36.0 Å². The predicted molar refractivity (Wildman–Crippen MR) is 135 cm³/mol. The molecule has 0 bridgehead atoms. The molecule has 0 amide bonds. The van der Waals surface area contributed by atoms with Gasteiger partial charge in [0.1, 0.15) is 0 Å². The summed E-state index contributed by atoms with van der Waals surface area (Å²) >= 11 is 0. The number of ketones is 1. The SMILES string of the molecule is CCCCCCc1ccc(N2CCN(c3ccc(C(=O)c4ccccc4)cc3)CC2)cc1. The van der Waals surface area contributed by atoms with Gasteiger partial charge in [-0.05, 0) is 54.8 Å². The maximum atomic E-state index is 12.6. The summed E-state index contributed by atoms with van der Waals surface area (Å²) in [5.74, 6) is 0.0794. The molecule has 0 saturated carbocycles. The Morgan fingerprint density at radius 3 is 1.75 bits per heavy atom. The van der Waals surface area contributed by atoms with E-state index in [1.807, 2.05) is 42.5 Å². The molecule has 1 aliphatic heterocycles. The normalized spacial score (nSPS) is 13.9. The summed E-state index contributed by atoms with van der Waals surface area (Å²) in [5.41, 5.74) is 5.45. The van der Waals surface area contributed by atoms with Crippen LogP contribution in [0.2, 0.25) is 0 Å². The highest BCUT2D eigenvalue weighted by Crippen LogP contribution is 2.23. The first-order valence-corrected chi connectivity index (χ1v) is 12.0. The van der Waals surface area contributed by atoms with E-state index < -0.39 is 0 Å². The number of hydrogen-bond acceptors (Lipinski definition) is 3. The number of hydrogen-bond donors (Lipinski definition) is 0. The molecule has 166 valence electrons. The fourth-order valence-electron chi connectivity index (χ4n) is 4.43. The van der Waals surface area contributed by atoms with E-state index in [0.29, 0.717) is 0 Å². The smallest absolute Gasteiger partial charge is 0.193 e. The van der Waals surface area contributed by atoms with Crippen LogP contribution >= 0.6 is 0 Å². The number of unbranched alkanes of at least 4 members (excludes halogenated alkanes) is 3. The second kappa shape index (κ2) is 11.0. The molecule has 0 aliphatic carbocycles. The average molecular weight is 427 g/mol. The first-order valence-electron chi connectivity index (χ1n) is 12.0. The molecule has 0 unspecified atom stereocenters. The van der Waals surface area contributed by atoms with E-state index in [2.05, 4.69) is 53.1 Å². The molecule has 3 aromatic carbocycles. The maximum Gasteiger partial charge on any atom is 0.193 e. The molecule has 4 rings (SSSR count). The molecular formula is C29H34N2O. The minimum absolute atomic E-state index is 0.0794. The lowest BCUT2D eigenvalue weighted by Gasteiger charge is -2.37. The molecule has 3 aromatic rings. The first kappa shape index (κ1) is 22.1. The molecule has 0 radical (unpaired) electrons. The van der Waals surface area contributed by atoms with Gasteiger partial charge in [0.25, 0.3) is 0 Å². The fraction of sp³-hybridized carbons (Fsp3) is 0.345. The van der Waals surface area contributed by atoms with Crippen LogP contribution < -0.4 is 9.80 Å². The monoisotopic (exact) mass is 426 g/mol. The number of nitrogens with zero attached hydrogens (tertiary/aromatic N) is 2. The van der Waals surface area contributed by atoms with Gasteiger partial charge in [-0.3, -0.25) is 4.79 Å². The van der Waals surface area contributed by atoms with Crippen molar-refractivity contribution in [2.24, 2.45) is 0 Å². The quantitative estimate of drug-likeness (QED) is 0.293. The van der Waals surface area contributed by atoms with Crippen LogP contribution in [-0.4, -0.2) is 32.0 Å². The van der Waals surface area contributed by atoms with Crippen LogP contribution in [0.25, 0.3) is 0 Å². The number of rotatable bonds is 9. The van der Waals surface area contributed by atoms with Gasteiger partial charge in [0, 0.05) is 48.7 Å². The second-order valence-corrected chi connectivity index (χ2v) is 8.69. The van der Waals surface area contributed by atoms with Crippen molar-refractivity contribution in [3.8, 4) is 0 Å². The Morgan fingerprint density at radius 1 is 0.656 bits per heavy atom. The highest BCUT2D eigenvalue weighted by Gasteiger charge is 2.18. The number of carbonyl (C=O) groups excluding carboxylic acids is 1. The van der Waals surface area contributed by atoms with Crippen LogP contribution in [0.3, 0.4) is 0 Å². The summed E-state index contributed by atoms with van der Waals surface area (Å²) in [6.07, 6.45) is 6.45. The Balaban J connectivity index is 1.29. The van der Waals surface area contributed by atoms with Crippen molar-refractivity contribution in [2.45, 2.75) is 39.0 Å². The molecular weight excluding hydrogens is 392 g/mol. The zero-order chi connectivity index (χ0) is 22.2. The highest BCUT2D eigenvalue weighted by molar-refractivity contribution is 6.09. The average Bonchev–Trinajstić information content (AvgIpc) is 2.87. The Kier molecular flexibility index (Phi) is 7.60. The third-order valence-electron chi connectivity index (χ3n) is 6.43. The van der Waals surface area contributed by atoms with Crippen molar-refractivity contribution in [1.82, 2.24) is 0 Å². The van der Waals surface area contributed by atoms with Crippen molar-refractivity contribution in [3.63, 3.8) is 0 Å². The number of aryl methyl sites for hydroxylation is 1. The predicted octanol–water partition coefficient (Wildman–Crippen LogP) is 6.37. The number of benzene rings is 3. The van der Waals surface area contributed by atoms with Crippen LogP contribution in [0.5, 0.6) is 0 Å². The minimum atomic E-state index is 0.0794. The van der Waals surface area contributed by atoms with Crippen molar-refractivity contribution >= 4 is 17.2 Å². The maximum absolute atomic E-state index is 12.6. The Labute approximate surface area is 192 Å². The summed E-state index contributed by atoms with van der Waals surface area (Å²) in [7, 11) is 0. The summed E-state index contributed by atoms with van der Waals surface area (Å²) < 4.78 is 0. The topological polar surface area (TPSA) is 23.6 Å². The van der Waals surface area contributed by atoms with E-state index in [0.717, 1.165) is 37.3 Å². The minimum Gasteiger partial charge on any atom is -0.368 e. The Morgan fingerprint density at radius 2 is 1.19 bits per heavy atom. The van der Waals surface area contributed by atoms with Gasteiger partial charge < -0.3 is 9.80 Å². The van der Waals surface area contributed by atoms with Crippen LogP contribution in [0, 0.1) is 0 Å². The Bertz CT molecular complexity index is 972. The third kappa shape index (κ3) is 5.59. The Hall–Kier alpha value is -3.07. The van der Waals surface area contributed by atoms with E-state index in [-0.39, 0.29) is 5.78 Å². The molecule has 1 fully saturated rings. The van der Waals surface area contributed by atoms with Gasteiger partial charge in [0.05, 0.1) is 0 Å². The van der Waals surface area contributed by atoms with Gasteiger partial charge in [-0.25, -0.2) is 0 Å². The third-order valence-corrected chi connectivity index (χ3v) is 6.43. The van der Waals surface area contributed by atoms with Gasteiger partial charge in [-0.1, -0.05) is 68.7 Å². The molecule has 0 spiro atoms. The zero-order valence-corrected chi connectivity index (χ0v) is 19.2. The summed E-state index contributed by atoms with van der Waals surface area (Å²) in [4.78, 5) is 17.5. The lowest BCUT2D eigenvalue weighted by Crippen LogP contribution is -2.46. The van der Waals surface area contributed by atoms with E-state index in [1.165, 1.54) is 49.0 Å². The number of carbonyl (C=O) groups is 1. The van der Waals surface area contributed by atoms with Gasteiger partial charge in [0.2, 0.25) is 0 Å². The van der Waals surface area contributed by atoms with Gasteiger partial charge in [-0.15, -0.1) is 0 Å². The molecule has 3 nitrogen and oxygen atoms in total. The fourth-order valence-corrected chi connectivity index (χ4v) is 4.43. The molecule has 3 heteroatoms. The second-order valence-electron chi connectivity index (χ2n) is 8.69.